The largest absolute Gasteiger partial charge is 0.385 e. The molecule has 2 nitrogen and oxygen atoms in total. The van der Waals surface area contributed by atoms with E-state index >= 15 is 0 Å². The van der Waals surface area contributed by atoms with Gasteiger partial charge in [0.2, 0.25) is 0 Å². The van der Waals surface area contributed by atoms with Crippen molar-refractivity contribution in [2.24, 2.45) is 5.73 Å². The predicted octanol–water partition coefficient (Wildman–Crippen LogP) is 1.86. The first-order valence-corrected chi connectivity index (χ1v) is 4.67. The number of nitrogens with two attached hydrogens (primary N) is 1. The van der Waals surface area contributed by atoms with E-state index in [4.69, 9.17) is 5.73 Å². The summed E-state index contributed by atoms with van der Waals surface area (Å²) in [5, 5.41) is 3.34. The van der Waals surface area contributed by atoms with Gasteiger partial charge in [0.25, 0.3) is 0 Å². The molecule has 0 saturated heterocycles. The fourth-order valence-electron chi connectivity index (χ4n) is 1.19. The van der Waals surface area contributed by atoms with Crippen molar-refractivity contribution >= 4 is 5.69 Å². The summed E-state index contributed by atoms with van der Waals surface area (Å²) in [7, 11) is 0. The van der Waals surface area contributed by atoms with Gasteiger partial charge in [-0.25, -0.2) is 0 Å². The zero-order valence-corrected chi connectivity index (χ0v) is 8.35. The summed E-state index contributed by atoms with van der Waals surface area (Å²) in [6, 6.07) is 7.09. The molecule has 0 fully saturated rings. The molecule has 1 aromatic rings. The van der Waals surface area contributed by atoms with Crippen LogP contribution in [-0.2, 0) is 0 Å². The third-order valence-corrected chi connectivity index (χ3v) is 2.22. The normalized spacial score (nSPS) is 10.1. The van der Waals surface area contributed by atoms with Crippen LogP contribution in [0.4, 0.5) is 5.69 Å². The zero-order valence-electron chi connectivity index (χ0n) is 8.35. The van der Waals surface area contributed by atoms with Crippen LogP contribution >= 0.6 is 0 Å². The van der Waals surface area contributed by atoms with Crippen LogP contribution in [0.5, 0.6) is 0 Å². The molecule has 0 aromatic heterocycles. The fraction of sp³-hybridized carbons (Fsp3) is 0.455. The van der Waals surface area contributed by atoms with Gasteiger partial charge < -0.3 is 11.1 Å². The van der Waals surface area contributed by atoms with E-state index in [0.29, 0.717) is 0 Å². The maximum atomic E-state index is 5.41. The zero-order chi connectivity index (χ0) is 9.68. The lowest BCUT2D eigenvalue weighted by atomic mass is 10.1. The molecule has 0 saturated carbocycles. The molecular weight excluding hydrogens is 160 g/mol. The lowest BCUT2D eigenvalue weighted by molar-refractivity contribution is 0.873. The van der Waals surface area contributed by atoms with Gasteiger partial charge in [-0.1, -0.05) is 6.07 Å². The van der Waals surface area contributed by atoms with E-state index in [9.17, 15) is 0 Å². The molecular formula is C11H17N2. The van der Waals surface area contributed by atoms with Gasteiger partial charge in [0.05, 0.1) is 0 Å². The smallest absolute Gasteiger partial charge is 0.0378 e. The summed E-state index contributed by atoms with van der Waals surface area (Å²) in [6.45, 7) is 5.89. The topological polar surface area (TPSA) is 38.0 Å². The second-order valence-corrected chi connectivity index (χ2v) is 3.25. The van der Waals surface area contributed by atoms with Gasteiger partial charge in [0, 0.05) is 12.2 Å². The quantitative estimate of drug-likeness (QED) is 0.689. The van der Waals surface area contributed by atoms with Gasteiger partial charge in [-0.3, -0.25) is 0 Å². The first-order valence-electron chi connectivity index (χ1n) is 4.67. The summed E-state index contributed by atoms with van der Waals surface area (Å²) in [5.41, 5.74) is 9.16. The number of hydrogen-bond donors (Lipinski definition) is 2. The minimum absolute atomic E-state index is 0.738. The lowest BCUT2D eigenvalue weighted by Crippen LogP contribution is -2.09. The third-order valence-electron chi connectivity index (χ3n) is 2.22. The minimum atomic E-state index is 0.738. The highest BCUT2D eigenvalue weighted by Crippen LogP contribution is 2.17. The van der Waals surface area contributed by atoms with Crippen molar-refractivity contribution in [2.75, 3.05) is 18.4 Å². The Bertz CT molecular complexity index is 269. The summed E-state index contributed by atoms with van der Waals surface area (Å²) in [5.74, 6) is 0. The number of aryl methyl sites for hydroxylation is 1. The summed E-state index contributed by atoms with van der Waals surface area (Å²) in [6.07, 6.45) is 1.01. The fourth-order valence-corrected chi connectivity index (χ4v) is 1.19. The van der Waals surface area contributed by atoms with Gasteiger partial charge >= 0.3 is 0 Å². The van der Waals surface area contributed by atoms with Crippen LogP contribution in [0, 0.1) is 19.9 Å². The molecule has 1 aromatic carbocycles. The molecule has 0 aliphatic carbocycles. The molecule has 0 atom stereocenters. The van der Waals surface area contributed by atoms with Crippen molar-refractivity contribution in [3.05, 3.63) is 29.3 Å². The monoisotopic (exact) mass is 177 g/mol. The number of hydrogen-bond acceptors (Lipinski definition) is 2. The van der Waals surface area contributed by atoms with Crippen LogP contribution in [0.25, 0.3) is 0 Å². The molecule has 1 radical (unpaired) electrons. The molecule has 71 valence electrons. The van der Waals surface area contributed by atoms with Gasteiger partial charge in [0.1, 0.15) is 0 Å². The average molecular weight is 177 g/mol. The van der Waals surface area contributed by atoms with Gasteiger partial charge in [-0.2, -0.15) is 0 Å². The van der Waals surface area contributed by atoms with Crippen LogP contribution in [0.2, 0.25) is 0 Å². The average Bonchev–Trinajstić information content (AvgIpc) is 2.13. The Kier molecular flexibility index (Phi) is 3.77. The molecule has 0 aliphatic heterocycles. The van der Waals surface area contributed by atoms with Crippen molar-refractivity contribution in [3.8, 4) is 0 Å². The number of anilines is 1. The molecule has 0 bridgehead atoms. The highest BCUT2D eigenvalue weighted by atomic mass is 14.9. The van der Waals surface area contributed by atoms with Gasteiger partial charge in [0.15, 0.2) is 0 Å². The number of rotatable bonds is 4. The maximum Gasteiger partial charge on any atom is 0.0378 e. The van der Waals surface area contributed by atoms with Crippen molar-refractivity contribution < 1.29 is 0 Å². The van der Waals surface area contributed by atoms with E-state index in [1.165, 1.54) is 16.8 Å². The molecule has 0 aliphatic rings. The molecule has 3 N–H and O–H groups in total. The summed E-state index contributed by atoms with van der Waals surface area (Å²) in [4.78, 5) is 0. The van der Waals surface area contributed by atoms with Crippen LogP contribution in [-0.4, -0.2) is 13.1 Å². The SMILES string of the molecule is Cc1c[c]cc(NCCCN)c1C. The predicted molar refractivity (Wildman–Crippen MR) is 56.9 cm³/mol. The second-order valence-electron chi connectivity index (χ2n) is 3.25. The summed E-state index contributed by atoms with van der Waals surface area (Å²) < 4.78 is 0. The third kappa shape index (κ3) is 2.74. The number of benzene rings is 1. The Hall–Kier alpha value is -1.02. The van der Waals surface area contributed by atoms with Crippen LogP contribution in [0.1, 0.15) is 17.5 Å². The van der Waals surface area contributed by atoms with Crippen LogP contribution in [0.15, 0.2) is 12.1 Å². The highest BCUT2D eigenvalue weighted by molar-refractivity contribution is 5.53. The molecule has 0 amide bonds. The highest BCUT2D eigenvalue weighted by Gasteiger charge is 1.98. The molecule has 2 heteroatoms. The minimum Gasteiger partial charge on any atom is -0.385 e. The summed E-state index contributed by atoms with van der Waals surface area (Å²) >= 11 is 0. The van der Waals surface area contributed by atoms with Gasteiger partial charge in [-0.15, -0.1) is 0 Å². The van der Waals surface area contributed by atoms with Gasteiger partial charge in [-0.05, 0) is 50.1 Å². The Morgan fingerprint density at radius 3 is 2.85 bits per heavy atom. The molecule has 1 rings (SSSR count). The standard InChI is InChI=1S/C11H17N2/c1-9-5-3-6-11(10(9)2)13-8-4-7-12/h5-6,13H,4,7-8,12H2,1-2H3. The molecule has 0 unspecified atom stereocenters. The Balaban J connectivity index is 2.61. The van der Waals surface area contributed by atoms with E-state index < -0.39 is 0 Å². The molecule has 0 heterocycles. The lowest BCUT2D eigenvalue weighted by Gasteiger charge is -2.10. The first kappa shape index (κ1) is 10.1. The first-order chi connectivity index (χ1) is 6.25. The Labute approximate surface area is 80.1 Å². The van der Waals surface area contributed by atoms with E-state index in [1.807, 2.05) is 12.1 Å². The van der Waals surface area contributed by atoms with Crippen molar-refractivity contribution in [1.29, 1.82) is 0 Å². The second kappa shape index (κ2) is 4.87. The van der Waals surface area contributed by atoms with E-state index in [-0.39, 0.29) is 0 Å². The number of nitrogens with one attached hydrogen (secondary N) is 1. The van der Waals surface area contributed by atoms with Crippen molar-refractivity contribution in [3.63, 3.8) is 0 Å². The Morgan fingerprint density at radius 1 is 1.38 bits per heavy atom. The van der Waals surface area contributed by atoms with E-state index in [0.717, 1.165) is 19.5 Å². The van der Waals surface area contributed by atoms with Crippen molar-refractivity contribution in [2.45, 2.75) is 20.3 Å². The van der Waals surface area contributed by atoms with E-state index in [1.54, 1.807) is 0 Å². The van der Waals surface area contributed by atoms with Crippen molar-refractivity contribution in [1.82, 2.24) is 0 Å². The van der Waals surface area contributed by atoms with Crippen LogP contribution < -0.4 is 11.1 Å². The molecule has 13 heavy (non-hydrogen) atoms. The Morgan fingerprint density at radius 2 is 2.15 bits per heavy atom. The molecule has 0 spiro atoms. The van der Waals surface area contributed by atoms with E-state index in [2.05, 4.69) is 25.2 Å². The maximum absolute atomic E-state index is 5.41. The van der Waals surface area contributed by atoms with Crippen LogP contribution in [0.3, 0.4) is 0 Å².